The first kappa shape index (κ1) is 13.7. The molecule has 2 rings (SSSR count). The van der Waals surface area contributed by atoms with Gasteiger partial charge in [0.2, 0.25) is 0 Å². The summed E-state index contributed by atoms with van der Waals surface area (Å²) in [5, 5.41) is 11.6. The topological polar surface area (TPSA) is 74.7 Å². The summed E-state index contributed by atoms with van der Waals surface area (Å²) in [7, 11) is 0. The van der Waals surface area contributed by atoms with Crippen molar-refractivity contribution < 1.29 is 13.2 Å². The van der Waals surface area contributed by atoms with E-state index < -0.39 is 11.7 Å². The molecule has 1 aromatic carbocycles. The van der Waals surface area contributed by atoms with E-state index in [2.05, 4.69) is 10.3 Å². The van der Waals surface area contributed by atoms with E-state index in [1.807, 2.05) is 6.07 Å². The Morgan fingerprint density at radius 1 is 1.20 bits per heavy atom. The number of alkyl halides is 3. The lowest BCUT2D eigenvalue weighted by atomic mass is 10.2. The van der Waals surface area contributed by atoms with Crippen LogP contribution in [0.1, 0.15) is 11.1 Å². The Morgan fingerprint density at radius 3 is 2.55 bits per heavy atom. The van der Waals surface area contributed by atoms with Crippen LogP contribution in [0.2, 0.25) is 0 Å². The number of rotatable bonds is 2. The van der Waals surface area contributed by atoms with Gasteiger partial charge in [0.05, 0.1) is 16.8 Å². The van der Waals surface area contributed by atoms with Crippen molar-refractivity contribution in [2.45, 2.75) is 6.18 Å². The van der Waals surface area contributed by atoms with Crippen LogP contribution in [0.15, 0.2) is 36.4 Å². The standard InChI is InChI=1S/C13H9F3N4/c14-13(15,16)9-5-11(18)20-12(6-9)19-10-4-2-1-3-8(10)7-17/h1-6H,(H3,18,19,20). The first-order chi connectivity index (χ1) is 9.40. The Hall–Kier alpha value is -2.75. The Balaban J connectivity index is 2.40. The molecule has 1 heterocycles. The third-order valence-electron chi connectivity index (χ3n) is 2.48. The highest BCUT2D eigenvalue weighted by Crippen LogP contribution is 2.32. The maximum absolute atomic E-state index is 12.7. The average Bonchev–Trinajstić information content (AvgIpc) is 2.37. The molecule has 0 saturated carbocycles. The van der Waals surface area contributed by atoms with E-state index in [4.69, 9.17) is 11.0 Å². The summed E-state index contributed by atoms with van der Waals surface area (Å²) in [6.45, 7) is 0. The van der Waals surface area contributed by atoms with Crippen LogP contribution in [0, 0.1) is 11.3 Å². The largest absolute Gasteiger partial charge is 0.416 e. The maximum Gasteiger partial charge on any atom is 0.416 e. The number of nitriles is 1. The molecule has 0 spiro atoms. The molecule has 0 aliphatic heterocycles. The minimum Gasteiger partial charge on any atom is -0.384 e. The fourth-order valence-electron chi connectivity index (χ4n) is 1.61. The fourth-order valence-corrected chi connectivity index (χ4v) is 1.61. The molecule has 20 heavy (non-hydrogen) atoms. The van der Waals surface area contributed by atoms with Crippen molar-refractivity contribution in [2.75, 3.05) is 11.1 Å². The van der Waals surface area contributed by atoms with Gasteiger partial charge >= 0.3 is 6.18 Å². The number of nitrogens with zero attached hydrogens (tertiary/aromatic N) is 2. The monoisotopic (exact) mass is 278 g/mol. The first-order valence-electron chi connectivity index (χ1n) is 5.51. The fraction of sp³-hybridized carbons (Fsp3) is 0.0769. The number of benzene rings is 1. The van der Waals surface area contributed by atoms with Crippen LogP contribution in [0.3, 0.4) is 0 Å². The molecule has 0 radical (unpaired) electrons. The van der Waals surface area contributed by atoms with Crippen LogP contribution < -0.4 is 11.1 Å². The molecule has 1 aromatic heterocycles. The molecule has 0 bridgehead atoms. The van der Waals surface area contributed by atoms with E-state index in [1.165, 1.54) is 0 Å². The number of aromatic nitrogens is 1. The number of hydrogen-bond donors (Lipinski definition) is 2. The zero-order chi connectivity index (χ0) is 14.8. The lowest BCUT2D eigenvalue weighted by molar-refractivity contribution is -0.137. The minimum absolute atomic E-state index is 0.0694. The summed E-state index contributed by atoms with van der Waals surface area (Å²) in [4.78, 5) is 3.78. The predicted molar refractivity (Wildman–Crippen MR) is 68.1 cm³/mol. The Labute approximate surface area is 112 Å². The van der Waals surface area contributed by atoms with Crippen molar-refractivity contribution in [3.8, 4) is 6.07 Å². The van der Waals surface area contributed by atoms with Gasteiger partial charge in [-0.15, -0.1) is 0 Å². The number of para-hydroxylation sites is 1. The number of nitrogen functional groups attached to an aromatic ring is 1. The number of pyridine rings is 1. The predicted octanol–water partition coefficient (Wildman–Crippen LogP) is 3.30. The van der Waals surface area contributed by atoms with Crippen molar-refractivity contribution in [3.63, 3.8) is 0 Å². The summed E-state index contributed by atoms with van der Waals surface area (Å²) in [5.41, 5.74) is 5.12. The quantitative estimate of drug-likeness (QED) is 0.883. The van der Waals surface area contributed by atoms with Gasteiger partial charge in [0.25, 0.3) is 0 Å². The first-order valence-corrected chi connectivity index (χ1v) is 5.51. The van der Waals surface area contributed by atoms with E-state index >= 15 is 0 Å². The second-order valence-electron chi connectivity index (χ2n) is 3.95. The second-order valence-corrected chi connectivity index (χ2v) is 3.95. The van der Waals surface area contributed by atoms with Crippen LogP contribution in [0.5, 0.6) is 0 Å². The van der Waals surface area contributed by atoms with Gasteiger partial charge in [-0.1, -0.05) is 12.1 Å². The number of anilines is 3. The number of halogens is 3. The van der Waals surface area contributed by atoms with Gasteiger partial charge in [-0.05, 0) is 24.3 Å². The van der Waals surface area contributed by atoms with Crippen molar-refractivity contribution in [2.24, 2.45) is 0 Å². The van der Waals surface area contributed by atoms with Gasteiger partial charge in [-0.2, -0.15) is 18.4 Å². The van der Waals surface area contributed by atoms with Crippen molar-refractivity contribution >= 4 is 17.3 Å². The van der Waals surface area contributed by atoms with E-state index in [1.54, 1.807) is 24.3 Å². The lowest BCUT2D eigenvalue weighted by Gasteiger charge is -2.11. The van der Waals surface area contributed by atoms with Gasteiger partial charge < -0.3 is 11.1 Å². The van der Waals surface area contributed by atoms with Crippen molar-refractivity contribution in [3.05, 3.63) is 47.5 Å². The van der Waals surface area contributed by atoms with E-state index in [9.17, 15) is 13.2 Å². The van der Waals surface area contributed by atoms with Gasteiger partial charge in [-0.25, -0.2) is 4.98 Å². The highest BCUT2D eigenvalue weighted by molar-refractivity contribution is 5.65. The molecule has 0 fully saturated rings. The van der Waals surface area contributed by atoms with Crippen LogP contribution in [-0.2, 0) is 6.18 Å². The van der Waals surface area contributed by atoms with Crippen molar-refractivity contribution in [1.29, 1.82) is 5.26 Å². The molecule has 7 heteroatoms. The maximum atomic E-state index is 12.7. The lowest BCUT2D eigenvalue weighted by Crippen LogP contribution is -2.08. The highest BCUT2D eigenvalue weighted by Gasteiger charge is 2.31. The second kappa shape index (κ2) is 5.09. The van der Waals surface area contributed by atoms with Crippen LogP contribution >= 0.6 is 0 Å². The molecule has 102 valence electrons. The average molecular weight is 278 g/mol. The van der Waals surface area contributed by atoms with Gasteiger partial charge in [0, 0.05) is 0 Å². The molecule has 0 saturated heterocycles. The molecule has 0 unspecified atom stereocenters. The molecule has 0 amide bonds. The molecule has 0 atom stereocenters. The molecular formula is C13H9F3N4. The van der Waals surface area contributed by atoms with E-state index in [0.29, 0.717) is 11.3 Å². The number of nitrogens with two attached hydrogens (primary N) is 1. The van der Waals surface area contributed by atoms with Gasteiger partial charge in [0.15, 0.2) is 0 Å². The van der Waals surface area contributed by atoms with Crippen LogP contribution in [-0.4, -0.2) is 4.98 Å². The molecule has 0 aliphatic carbocycles. The zero-order valence-electron chi connectivity index (χ0n) is 10.1. The van der Waals surface area contributed by atoms with Crippen LogP contribution in [0.4, 0.5) is 30.5 Å². The zero-order valence-corrected chi connectivity index (χ0v) is 10.1. The molecule has 3 N–H and O–H groups in total. The highest BCUT2D eigenvalue weighted by atomic mass is 19.4. The summed E-state index contributed by atoms with van der Waals surface area (Å²) in [6.07, 6.45) is -4.51. The Kier molecular flexibility index (Phi) is 3.48. The summed E-state index contributed by atoms with van der Waals surface area (Å²) >= 11 is 0. The van der Waals surface area contributed by atoms with E-state index in [0.717, 1.165) is 12.1 Å². The SMILES string of the molecule is N#Cc1ccccc1Nc1cc(C(F)(F)F)cc(N)n1. The smallest absolute Gasteiger partial charge is 0.384 e. The Bertz CT molecular complexity index is 674. The minimum atomic E-state index is -4.51. The van der Waals surface area contributed by atoms with Crippen molar-refractivity contribution in [1.82, 2.24) is 4.98 Å². The van der Waals surface area contributed by atoms with Gasteiger partial charge in [-0.3, -0.25) is 0 Å². The number of nitrogens with one attached hydrogen (secondary N) is 1. The third-order valence-corrected chi connectivity index (χ3v) is 2.48. The van der Waals surface area contributed by atoms with Gasteiger partial charge in [0.1, 0.15) is 17.7 Å². The third kappa shape index (κ3) is 2.98. The summed E-state index contributed by atoms with van der Waals surface area (Å²) in [6, 6.07) is 9.93. The molecular weight excluding hydrogens is 269 g/mol. The van der Waals surface area contributed by atoms with Crippen LogP contribution in [0.25, 0.3) is 0 Å². The molecule has 0 aliphatic rings. The molecule has 2 aromatic rings. The Morgan fingerprint density at radius 2 is 1.90 bits per heavy atom. The number of hydrogen-bond acceptors (Lipinski definition) is 4. The summed E-state index contributed by atoms with van der Waals surface area (Å²) in [5.74, 6) is -0.322. The summed E-state index contributed by atoms with van der Waals surface area (Å²) < 4.78 is 38.0. The van der Waals surface area contributed by atoms with E-state index in [-0.39, 0.29) is 11.6 Å². The molecule has 4 nitrogen and oxygen atoms in total. The normalized spacial score (nSPS) is 10.9.